The van der Waals surface area contributed by atoms with Crippen LogP contribution in [0.2, 0.25) is 0 Å². The third-order valence-corrected chi connectivity index (χ3v) is 4.11. The van der Waals surface area contributed by atoms with E-state index < -0.39 is 11.5 Å². The Balaban J connectivity index is 2.60. The Morgan fingerprint density at radius 1 is 1.25 bits per heavy atom. The summed E-state index contributed by atoms with van der Waals surface area (Å²) in [4.78, 5) is 23.6. The highest BCUT2D eigenvalue weighted by atomic mass is 16.4. The van der Waals surface area contributed by atoms with Crippen LogP contribution in [0.1, 0.15) is 58.8 Å². The molecule has 5 heteroatoms. The summed E-state index contributed by atoms with van der Waals surface area (Å²) in [6.45, 7) is 4.66. The van der Waals surface area contributed by atoms with Crippen molar-refractivity contribution in [3.8, 4) is 0 Å². The fourth-order valence-electron chi connectivity index (χ4n) is 3.06. The van der Waals surface area contributed by atoms with Crippen LogP contribution >= 0.6 is 0 Å². The SMILES string of the molecule is CC(C)CC(CN)CC(=O)NC1(C(=O)O)CCCCC1. The van der Waals surface area contributed by atoms with Crippen LogP contribution in [0.25, 0.3) is 0 Å². The third-order valence-electron chi connectivity index (χ3n) is 4.11. The molecule has 1 fully saturated rings. The van der Waals surface area contributed by atoms with E-state index in [-0.39, 0.29) is 11.8 Å². The quantitative estimate of drug-likeness (QED) is 0.665. The zero-order valence-electron chi connectivity index (χ0n) is 12.7. The van der Waals surface area contributed by atoms with Crippen molar-refractivity contribution in [2.75, 3.05) is 6.54 Å². The lowest BCUT2D eigenvalue weighted by Gasteiger charge is -2.34. The van der Waals surface area contributed by atoms with Crippen molar-refractivity contribution in [2.24, 2.45) is 17.6 Å². The smallest absolute Gasteiger partial charge is 0.329 e. The number of rotatable bonds is 7. The molecule has 1 atom stereocenters. The molecular formula is C15H28N2O3. The number of hydrogen-bond donors (Lipinski definition) is 3. The summed E-state index contributed by atoms with van der Waals surface area (Å²) < 4.78 is 0. The second-order valence-corrected chi connectivity index (χ2v) is 6.43. The lowest BCUT2D eigenvalue weighted by atomic mass is 9.81. The number of aliphatic carboxylic acids is 1. The number of carbonyl (C=O) groups excluding carboxylic acids is 1. The molecule has 5 nitrogen and oxygen atoms in total. The van der Waals surface area contributed by atoms with Crippen molar-refractivity contribution >= 4 is 11.9 Å². The summed E-state index contributed by atoms with van der Waals surface area (Å²) in [6.07, 6.45) is 5.05. The van der Waals surface area contributed by atoms with Crippen LogP contribution in [-0.4, -0.2) is 29.1 Å². The predicted molar refractivity (Wildman–Crippen MR) is 78.2 cm³/mol. The molecule has 0 heterocycles. The highest BCUT2D eigenvalue weighted by Gasteiger charge is 2.41. The highest BCUT2D eigenvalue weighted by molar-refractivity contribution is 5.87. The number of carbonyl (C=O) groups is 2. The zero-order chi connectivity index (χ0) is 15.2. The normalized spacial score (nSPS) is 19.6. The summed E-state index contributed by atoms with van der Waals surface area (Å²) >= 11 is 0. The number of nitrogens with one attached hydrogen (secondary N) is 1. The first-order chi connectivity index (χ1) is 9.39. The molecule has 20 heavy (non-hydrogen) atoms. The van der Waals surface area contributed by atoms with Crippen LogP contribution in [0.15, 0.2) is 0 Å². The minimum Gasteiger partial charge on any atom is -0.480 e. The van der Waals surface area contributed by atoms with Crippen LogP contribution < -0.4 is 11.1 Å². The Morgan fingerprint density at radius 3 is 2.30 bits per heavy atom. The minimum absolute atomic E-state index is 0.129. The van der Waals surface area contributed by atoms with E-state index in [2.05, 4.69) is 19.2 Å². The van der Waals surface area contributed by atoms with E-state index in [1.54, 1.807) is 0 Å². The molecule has 0 spiro atoms. The van der Waals surface area contributed by atoms with Gasteiger partial charge in [-0.1, -0.05) is 33.1 Å². The molecule has 0 aliphatic heterocycles. The van der Waals surface area contributed by atoms with Crippen LogP contribution in [0.4, 0.5) is 0 Å². The second kappa shape index (κ2) is 7.62. The van der Waals surface area contributed by atoms with Gasteiger partial charge in [0.1, 0.15) is 5.54 Å². The first-order valence-electron chi connectivity index (χ1n) is 7.64. The van der Waals surface area contributed by atoms with E-state index in [9.17, 15) is 14.7 Å². The van der Waals surface area contributed by atoms with E-state index in [0.717, 1.165) is 25.7 Å². The summed E-state index contributed by atoms with van der Waals surface area (Å²) in [5.41, 5.74) is 4.65. The van der Waals surface area contributed by atoms with Gasteiger partial charge in [-0.2, -0.15) is 0 Å². The molecule has 0 radical (unpaired) electrons. The molecular weight excluding hydrogens is 256 g/mol. The first-order valence-corrected chi connectivity index (χ1v) is 7.64. The van der Waals surface area contributed by atoms with Crippen molar-refractivity contribution in [3.63, 3.8) is 0 Å². The van der Waals surface area contributed by atoms with Gasteiger partial charge in [0.2, 0.25) is 5.91 Å². The highest BCUT2D eigenvalue weighted by Crippen LogP contribution is 2.29. The molecule has 1 unspecified atom stereocenters. The lowest BCUT2D eigenvalue weighted by Crippen LogP contribution is -2.55. The molecule has 0 saturated heterocycles. The van der Waals surface area contributed by atoms with Crippen molar-refractivity contribution in [3.05, 3.63) is 0 Å². The Morgan fingerprint density at radius 2 is 1.85 bits per heavy atom. The van der Waals surface area contributed by atoms with Gasteiger partial charge in [-0.3, -0.25) is 4.79 Å². The van der Waals surface area contributed by atoms with Crippen molar-refractivity contribution < 1.29 is 14.7 Å². The molecule has 1 aliphatic rings. The van der Waals surface area contributed by atoms with Gasteiger partial charge in [0.05, 0.1) is 0 Å². The molecule has 0 bridgehead atoms. The maximum absolute atomic E-state index is 12.1. The molecule has 0 aromatic carbocycles. The van der Waals surface area contributed by atoms with Gasteiger partial charge in [0, 0.05) is 6.42 Å². The van der Waals surface area contributed by atoms with E-state index in [0.29, 0.717) is 31.7 Å². The average Bonchev–Trinajstić information content (AvgIpc) is 2.38. The van der Waals surface area contributed by atoms with Gasteiger partial charge in [-0.25, -0.2) is 4.79 Å². The maximum Gasteiger partial charge on any atom is 0.329 e. The fraction of sp³-hybridized carbons (Fsp3) is 0.867. The summed E-state index contributed by atoms with van der Waals surface area (Å²) in [7, 11) is 0. The molecule has 4 N–H and O–H groups in total. The van der Waals surface area contributed by atoms with E-state index in [1.807, 2.05) is 0 Å². The van der Waals surface area contributed by atoms with Gasteiger partial charge in [-0.15, -0.1) is 0 Å². The molecule has 1 rings (SSSR count). The molecule has 0 aromatic heterocycles. The first kappa shape index (κ1) is 17.0. The molecule has 1 amide bonds. The monoisotopic (exact) mass is 284 g/mol. The minimum atomic E-state index is -1.05. The topological polar surface area (TPSA) is 92.4 Å². The third kappa shape index (κ3) is 4.78. The lowest BCUT2D eigenvalue weighted by molar-refractivity contribution is -0.149. The van der Waals surface area contributed by atoms with E-state index >= 15 is 0 Å². The van der Waals surface area contributed by atoms with E-state index in [1.165, 1.54) is 0 Å². The van der Waals surface area contributed by atoms with Crippen LogP contribution in [0.3, 0.4) is 0 Å². The van der Waals surface area contributed by atoms with Gasteiger partial charge >= 0.3 is 5.97 Å². The zero-order valence-corrected chi connectivity index (χ0v) is 12.7. The fourth-order valence-corrected chi connectivity index (χ4v) is 3.06. The van der Waals surface area contributed by atoms with Crippen LogP contribution in [-0.2, 0) is 9.59 Å². The standard InChI is InChI=1S/C15H28N2O3/c1-11(2)8-12(10-16)9-13(18)17-15(14(19)20)6-4-3-5-7-15/h11-12H,3-10,16H2,1-2H3,(H,17,18)(H,19,20). The maximum atomic E-state index is 12.1. The Hall–Kier alpha value is -1.10. The average molecular weight is 284 g/mol. The summed E-state index contributed by atoms with van der Waals surface area (Å²) in [5, 5.41) is 12.2. The molecule has 0 aromatic rings. The molecule has 116 valence electrons. The Labute approximate surface area is 121 Å². The van der Waals surface area contributed by atoms with Crippen molar-refractivity contribution in [2.45, 2.75) is 64.3 Å². The molecule has 1 saturated carbocycles. The predicted octanol–water partition coefficient (Wildman–Crippen LogP) is 1.90. The van der Waals surface area contributed by atoms with Crippen LogP contribution in [0, 0.1) is 11.8 Å². The van der Waals surface area contributed by atoms with Crippen LogP contribution in [0.5, 0.6) is 0 Å². The number of nitrogens with two attached hydrogens (primary N) is 1. The van der Waals surface area contributed by atoms with Gasteiger partial charge in [-0.05, 0) is 37.6 Å². The van der Waals surface area contributed by atoms with Crippen molar-refractivity contribution in [1.29, 1.82) is 0 Å². The summed E-state index contributed by atoms with van der Waals surface area (Å²) in [5.74, 6) is -0.465. The van der Waals surface area contributed by atoms with Gasteiger partial charge in [0.25, 0.3) is 0 Å². The number of hydrogen-bond acceptors (Lipinski definition) is 3. The van der Waals surface area contributed by atoms with Crippen molar-refractivity contribution in [1.82, 2.24) is 5.32 Å². The number of carboxylic acids is 1. The Bertz CT molecular complexity index is 336. The van der Waals surface area contributed by atoms with E-state index in [4.69, 9.17) is 5.73 Å². The largest absolute Gasteiger partial charge is 0.480 e. The Kier molecular flexibility index (Phi) is 6.46. The summed E-state index contributed by atoms with van der Waals surface area (Å²) in [6, 6.07) is 0. The van der Waals surface area contributed by atoms with Gasteiger partial charge < -0.3 is 16.2 Å². The second-order valence-electron chi connectivity index (χ2n) is 6.43. The van der Waals surface area contributed by atoms with Gasteiger partial charge in [0.15, 0.2) is 0 Å². The number of carboxylic acid groups (broad SMARTS) is 1. The molecule has 1 aliphatic carbocycles. The number of amides is 1.